The van der Waals surface area contributed by atoms with E-state index in [-0.39, 0.29) is 5.66 Å². The van der Waals surface area contributed by atoms with Gasteiger partial charge in [0.05, 0.1) is 0 Å². The summed E-state index contributed by atoms with van der Waals surface area (Å²) in [5.41, 5.74) is 0.0621. The maximum absolute atomic E-state index is 13.8. The summed E-state index contributed by atoms with van der Waals surface area (Å²) >= 11 is 0. The van der Waals surface area contributed by atoms with Crippen molar-refractivity contribution in [2.45, 2.75) is 42.6 Å². The van der Waals surface area contributed by atoms with E-state index < -0.39 is 27.8 Å². The van der Waals surface area contributed by atoms with Crippen LogP contribution in [0.5, 0.6) is 0 Å². The molecule has 1 aliphatic heterocycles. The Morgan fingerprint density at radius 1 is 0.885 bits per heavy atom. The molecule has 2 aromatic carbocycles. The molecule has 140 valence electrons. The van der Waals surface area contributed by atoms with Gasteiger partial charge in [-0.15, -0.1) is 0 Å². The van der Waals surface area contributed by atoms with E-state index in [0.717, 1.165) is 6.42 Å². The lowest BCUT2D eigenvalue weighted by Gasteiger charge is -2.31. The zero-order valence-corrected chi connectivity index (χ0v) is 17.7. The molecular weight excluding hydrogens is 385 g/mol. The standard InChI is InChI=1S/C18H24N3O2PS2/c1-4-15-24(16(2)3)19-25(22,17-11-7-5-8-12-17)21-26(23,20-24)18-13-9-6-10-14-18/h5-14,16H,4,15H2,1-3H3. The minimum Gasteiger partial charge on any atom is -0.600 e. The fourth-order valence-corrected chi connectivity index (χ4v) is 13.9. The van der Waals surface area contributed by atoms with E-state index >= 15 is 0 Å². The van der Waals surface area contributed by atoms with E-state index in [1.54, 1.807) is 48.5 Å². The molecule has 0 aromatic heterocycles. The molecule has 3 atom stereocenters. The molecule has 0 bridgehead atoms. The van der Waals surface area contributed by atoms with E-state index in [1.165, 1.54) is 0 Å². The van der Waals surface area contributed by atoms with Crippen LogP contribution in [0.25, 0.3) is 0 Å². The molecule has 3 unspecified atom stereocenters. The van der Waals surface area contributed by atoms with Crippen molar-refractivity contribution in [1.82, 2.24) is 0 Å². The Bertz CT molecular complexity index is 898. The number of benzene rings is 2. The van der Waals surface area contributed by atoms with Crippen LogP contribution in [-0.4, -0.2) is 20.9 Å². The summed E-state index contributed by atoms with van der Waals surface area (Å²) in [6.07, 6.45) is 1.53. The van der Waals surface area contributed by atoms with Crippen molar-refractivity contribution < 1.29 is 9.11 Å². The first-order valence-electron chi connectivity index (χ1n) is 8.63. The van der Waals surface area contributed by atoms with Gasteiger partial charge < -0.3 is 9.11 Å². The van der Waals surface area contributed by atoms with E-state index in [9.17, 15) is 9.11 Å². The van der Waals surface area contributed by atoms with Crippen LogP contribution in [0.4, 0.5) is 0 Å². The summed E-state index contributed by atoms with van der Waals surface area (Å²) in [6.45, 7) is 6.10. The highest BCUT2D eigenvalue weighted by molar-refractivity contribution is 8.14. The van der Waals surface area contributed by atoms with Crippen LogP contribution in [-0.2, 0) is 20.6 Å². The first-order chi connectivity index (χ1) is 12.3. The largest absolute Gasteiger partial charge is 0.600 e. The molecule has 0 amide bonds. The molecular formula is C18H24N3O2PS2. The van der Waals surface area contributed by atoms with E-state index in [0.29, 0.717) is 16.0 Å². The van der Waals surface area contributed by atoms with Crippen LogP contribution < -0.4 is 0 Å². The predicted octanol–water partition coefficient (Wildman–Crippen LogP) is 5.82. The number of rotatable bonds is 5. The summed E-state index contributed by atoms with van der Waals surface area (Å²) in [5.74, 6) is 0. The summed E-state index contributed by atoms with van der Waals surface area (Å²) in [4.78, 5) is 0.999. The normalized spacial score (nSPS) is 31.0. The monoisotopic (exact) mass is 409 g/mol. The Morgan fingerprint density at radius 2 is 1.38 bits per heavy atom. The highest BCUT2D eigenvalue weighted by Crippen LogP contribution is 2.62. The lowest BCUT2D eigenvalue weighted by atomic mass is 10.4. The molecule has 0 fully saturated rings. The molecule has 5 nitrogen and oxygen atoms in total. The molecule has 0 N–H and O–H groups in total. The smallest absolute Gasteiger partial charge is 0.181 e. The van der Waals surface area contributed by atoms with Gasteiger partial charge in [-0.3, -0.25) is 0 Å². The van der Waals surface area contributed by atoms with Crippen LogP contribution in [0, 0.1) is 0 Å². The third kappa shape index (κ3) is 3.64. The zero-order valence-electron chi connectivity index (χ0n) is 15.2. The Balaban J connectivity index is 2.38. The van der Waals surface area contributed by atoms with E-state index in [1.807, 2.05) is 26.0 Å². The Hall–Kier alpha value is -1.11. The molecule has 1 aliphatic rings. The van der Waals surface area contributed by atoms with Gasteiger partial charge in [-0.1, -0.05) is 65.5 Å². The van der Waals surface area contributed by atoms with Crippen molar-refractivity contribution in [2.75, 3.05) is 6.16 Å². The fourth-order valence-electron chi connectivity index (χ4n) is 2.80. The lowest BCUT2D eigenvalue weighted by Crippen LogP contribution is -2.21. The van der Waals surface area contributed by atoms with Crippen molar-refractivity contribution in [3.63, 3.8) is 0 Å². The average molecular weight is 410 g/mol. The Labute approximate surface area is 158 Å². The topological polar surface area (TPSA) is 83.2 Å². The molecule has 0 saturated carbocycles. The summed E-state index contributed by atoms with van der Waals surface area (Å²) in [5, 5.41) is 0. The minimum absolute atomic E-state index is 0.0621. The van der Waals surface area contributed by atoms with Gasteiger partial charge in [0.15, 0.2) is 17.0 Å². The van der Waals surface area contributed by atoms with Gasteiger partial charge in [-0.05, 0) is 30.7 Å². The predicted molar refractivity (Wildman–Crippen MR) is 110 cm³/mol. The summed E-state index contributed by atoms with van der Waals surface area (Å²) in [7, 11) is -8.77. The quantitative estimate of drug-likeness (QED) is 0.460. The third-order valence-electron chi connectivity index (χ3n) is 4.19. The number of nitrogens with zero attached hydrogens (tertiary/aromatic N) is 3. The van der Waals surface area contributed by atoms with Crippen molar-refractivity contribution in [1.29, 1.82) is 0 Å². The Kier molecular flexibility index (Phi) is 5.66. The lowest BCUT2D eigenvalue weighted by molar-refractivity contribution is 0.574. The maximum Gasteiger partial charge on any atom is 0.181 e. The van der Waals surface area contributed by atoms with Gasteiger partial charge in [0.2, 0.25) is 0 Å². The van der Waals surface area contributed by atoms with Crippen LogP contribution in [0.15, 0.2) is 82.5 Å². The maximum atomic E-state index is 13.8. The van der Waals surface area contributed by atoms with Crippen LogP contribution in [0.2, 0.25) is 0 Å². The highest BCUT2D eigenvalue weighted by atomic mass is 32.3. The first-order valence-corrected chi connectivity index (χ1v) is 13.5. The van der Waals surface area contributed by atoms with Gasteiger partial charge in [-0.25, -0.2) is 0 Å². The number of hydrogen-bond donors (Lipinski definition) is 0. The van der Waals surface area contributed by atoms with Crippen molar-refractivity contribution in [2.24, 2.45) is 12.1 Å². The van der Waals surface area contributed by atoms with Gasteiger partial charge in [0.1, 0.15) is 24.4 Å². The van der Waals surface area contributed by atoms with Crippen molar-refractivity contribution in [3.8, 4) is 0 Å². The zero-order chi connectivity index (χ0) is 18.8. The van der Waals surface area contributed by atoms with Crippen molar-refractivity contribution in [3.05, 3.63) is 60.7 Å². The molecule has 0 saturated heterocycles. The molecule has 2 aromatic rings. The minimum atomic E-state index is -3.17. The van der Waals surface area contributed by atoms with Gasteiger partial charge >= 0.3 is 0 Å². The van der Waals surface area contributed by atoms with Crippen LogP contribution in [0.1, 0.15) is 27.2 Å². The number of hydrogen-bond acceptors (Lipinski definition) is 5. The van der Waals surface area contributed by atoms with E-state index in [4.69, 9.17) is 8.28 Å². The highest BCUT2D eigenvalue weighted by Gasteiger charge is 2.41. The molecule has 0 aliphatic carbocycles. The van der Waals surface area contributed by atoms with Gasteiger partial charge in [0, 0.05) is 11.8 Å². The SMILES string of the molecule is CCCP1(C(C)C)=N[S+]([O-])(c2ccccc2)=N[S+]([O-])(c2ccccc2)=N1. The van der Waals surface area contributed by atoms with Crippen LogP contribution in [0.3, 0.4) is 0 Å². The summed E-state index contributed by atoms with van der Waals surface area (Å²) in [6, 6.07) is 17.9. The van der Waals surface area contributed by atoms with E-state index in [2.05, 4.69) is 10.7 Å². The first kappa shape index (κ1) is 19.6. The van der Waals surface area contributed by atoms with Gasteiger partial charge in [-0.2, -0.15) is 0 Å². The fraction of sp³-hybridized carbons (Fsp3) is 0.333. The summed E-state index contributed by atoms with van der Waals surface area (Å²) < 4.78 is 41.5. The molecule has 3 rings (SSSR count). The third-order valence-corrected chi connectivity index (χ3v) is 14.4. The Morgan fingerprint density at radius 3 is 1.85 bits per heavy atom. The average Bonchev–Trinajstić information content (AvgIpc) is 2.63. The molecule has 0 spiro atoms. The molecule has 26 heavy (non-hydrogen) atoms. The second-order valence-electron chi connectivity index (χ2n) is 6.46. The van der Waals surface area contributed by atoms with Gasteiger partial charge in [0.25, 0.3) is 0 Å². The van der Waals surface area contributed by atoms with Crippen molar-refractivity contribution >= 4 is 27.8 Å². The second-order valence-corrected chi connectivity index (χ2v) is 14.3. The molecule has 1 heterocycles. The second kappa shape index (κ2) is 7.49. The molecule has 8 heteroatoms. The van der Waals surface area contributed by atoms with Crippen LogP contribution >= 0.6 is 7.21 Å². The molecule has 0 radical (unpaired) electrons.